The van der Waals surface area contributed by atoms with Crippen LogP contribution in [0.4, 0.5) is 17.6 Å². The van der Waals surface area contributed by atoms with Crippen molar-refractivity contribution in [2.75, 3.05) is 12.9 Å². The van der Waals surface area contributed by atoms with Gasteiger partial charge in [0.05, 0.1) is 5.60 Å². The first kappa shape index (κ1) is 28.0. The summed E-state index contributed by atoms with van der Waals surface area (Å²) in [6.07, 6.45) is 0.497. The molecule has 0 unspecified atom stereocenters. The summed E-state index contributed by atoms with van der Waals surface area (Å²) < 4.78 is 48.0. The van der Waals surface area contributed by atoms with Crippen molar-refractivity contribution in [3.63, 3.8) is 0 Å². The third kappa shape index (κ3) is 10.1. The lowest BCUT2D eigenvalue weighted by Crippen LogP contribution is -2.39. The standard InChI is InChI=1S/C10H14O.C5H9F4N.CH3Cl.CH4/c1-8-6-4-5-7-9(8)10(2,3)11;1-4(6,7)5(8,9)2-3-10;1-2;/h4-7,11H,1-3H3;2-3,10H2,1H3;1H3;1H4. The van der Waals surface area contributed by atoms with E-state index in [1.54, 1.807) is 13.8 Å². The van der Waals surface area contributed by atoms with Crippen molar-refractivity contribution in [3.8, 4) is 0 Å². The van der Waals surface area contributed by atoms with Crippen molar-refractivity contribution in [2.24, 2.45) is 5.73 Å². The molecule has 144 valence electrons. The molecule has 0 fully saturated rings. The van der Waals surface area contributed by atoms with Crippen LogP contribution in [0.2, 0.25) is 0 Å². The second-order valence-electron chi connectivity index (χ2n) is 5.51. The number of nitrogens with two attached hydrogens (primary N) is 1. The lowest BCUT2D eigenvalue weighted by Gasteiger charge is -2.21. The highest BCUT2D eigenvalue weighted by molar-refractivity contribution is 6.15. The molecule has 0 aliphatic rings. The van der Waals surface area contributed by atoms with Crippen LogP contribution in [0.3, 0.4) is 0 Å². The first-order valence-electron chi connectivity index (χ1n) is 6.95. The van der Waals surface area contributed by atoms with Gasteiger partial charge >= 0.3 is 11.8 Å². The molecule has 0 atom stereocenters. The zero-order valence-corrected chi connectivity index (χ0v) is 14.9. The molecule has 0 heterocycles. The van der Waals surface area contributed by atoms with Crippen LogP contribution in [-0.4, -0.2) is 29.9 Å². The zero-order valence-electron chi connectivity index (χ0n) is 14.1. The number of halogens is 5. The molecular formula is C17H30ClF4NO. The molecule has 1 rings (SSSR count). The topological polar surface area (TPSA) is 46.2 Å². The van der Waals surface area contributed by atoms with Crippen molar-refractivity contribution < 1.29 is 22.7 Å². The molecular weight excluding hydrogens is 346 g/mol. The zero-order chi connectivity index (χ0) is 18.9. The molecule has 0 bridgehead atoms. The smallest absolute Gasteiger partial charge is 0.311 e. The molecule has 0 amide bonds. The lowest BCUT2D eigenvalue weighted by molar-refractivity contribution is -0.199. The number of benzene rings is 1. The van der Waals surface area contributed by atoms with Gasteiger partial charge in [-0.3, -0.25) is 0 Å². The lowest BCUT2D eigenvalue weighted by atomic mass is 9.94. The fourth-order valence-electron chi connectivity index (χ4n) is 1.66. The molecule has 1 aromatic carbocycles. The van der Waals surface area contributed by atoms with Crippen molar-refractivity contribution >= 4 is 11.6 Å². The predicted molar refractivity (Wildman–Crippen MR) is 94.2 cm³/mol. The number of aliphatic hydroxyl groups is 1. The maximum atomic E-state index is 12.1. The quantitative estimate of drug-likeness (QED) is 0.551. The van der Waals surface area contributed by atoms with Gasteiger partial charge in [0.15, 0.2) is 0 Å². The SMILES string of the molecule is C.CC(F)(F)C(F)(F)CCN.CCl.Cc1ccccc1C(C)(C)O. The van der Waals surface area contributed by atoms with Crippen LogP contribution in [0.25, 0.3) is 0 Å². The van der Waals surface area contributed by atoms with E-state index >= 15 is 0 Å². The minimum atomic E-state index is -3.97. The molecule has 0 spiro atoms. The fourth-order valence-corrected chi connectivity index (χ4v) is 1.66. The van der Waals surface area contributed by atoms with E-state index in [9.17, 15) is 22.7 Å². The van der Waals surface area contributed by atoms with Gasteiger partial charge in [-0.1, -0.05) is 31.7 Å². The summed E-state index contributed by atoms with van der Waals surface area (Å²) in [6, 6.07) is 7.88. The molecule has 0 aliphatic heterocycles. The third-order valence-electron chi connectivity index (χ3n) is 2.90. The van der Waals surface area contributed by atoms with E-state index < -0.39 is 30.4 Å². The molecule has 1 aromatic rings. The van der Waals surface area contributed by atoms with Crippen LogP contribution in [-0.2, 0) is 5.60 Å². The van der Waals surface area contributed by atoms with E-state index in [-0.39, 0.29) is 14.4 Å². The summed E-state index contributed by atoms with van der Waals surface area (Å²) in [7, 11) is 0. The molecule has 0 saturated heterocycles. The van der Waals surface area contributed by atoms with Crippen LogP contribution in [0.1, 0.15) is 45.7 Å². The Morgan fingerprint density at radius 1 is 1.04 bits per heavy atom. The number of alkyl halides is 5. The first-order valence-corrected chi connectivity index (χ1v) is 7.70. The molecule has 7 heteroatoms. The summed E-state index contributed by atoms with van der Waals surface area (Å²) in [5.41, 5.74) is 6.12. The van der Waals surface area contributed by atoms with Gasteiger partial charge in [-0.25, -0.2) is 8.78 Å². The maximum Gasteiger partial charge on any atom is 0.311 e. The van der Waals surface area contributed by atoms with E-state index in [1.807, 2.05) is 31.2 Å². The summed E-state index contributed by atoms with van der Waals surface area (Å²) in [5.74, 6) is -7.94. The molecule has 2 nitrogen and oxygen atoms in total. The average molecular weight is 376 g/mol. The van der Waals surface area contributed by atoms with E-state index in [1.165, 1.54) is 6.38 Å². The Kier molecular flexibility index (Phi) is 13.6. The van der Waals surface area contributed by atoms with E-state index in [0.29, 0.717) is 0 Å². The molecule has 0 saturated carbocycles. The van der Waals surface area contributed by atoms with E-state index in [0.717, 1.165) is 11.1 Å². The van der Waals surface area contributed by atoms with Crippen LogP contribution < -0.4 is 5.73 Å². The predicted octanol–water partition coefficient (Wildman–Crippen LogP) is 5.34. The molecule has 0 aliphatic carbocycles. The van der Waals surface area contributed by atoms with Crippen LogP contribution in [0.5, 0.6) is 0 Å². The van der Waals surface area contributed by atoms with Gasteiger partial charge < -0.3 is 10.8 Å². The van der Waals surface area contributed by atoms with Crippen molar-refractivity contribution in [1.29, 1.82) is 0 Å². The summed E-state index contributed by atoms with van der Waals surface area (Å²) in [6.45, 7) is 5.36. The molecule has 3 N–H and O–H groups in total. The third-order valence-corrected chi connectivity index (χ3v) is 2.90. The Bertz CT molecular complexity index is 443. The number of hydrogen-bond donors (Lipinski definition) is 2. The van der Waals surface area contributed by atoms with Gasteiger partial charge in [0.2, 0.25) is 0 Å². The van der Waals surface area contributed by atoms with Crippen molar-refractivity contribution in [3.05, 3.63) is 35.4 Å². The minimum Gasteiger partial charge on any atom is -0.386 e. The van der Waals surface area contributed by atoms with Crippen LogP contribution >= 0.6 is 11.6 Å². The Morgan fingerprint density at radius 3 is 1.67 bits per heavy atom. The Morgan fingerprint density at radius 2 is 1.46 bits per heavy atom. The number of aryl methyl sites for hydroxylation is 1. The van der Waals surface area contributed by atoms with Gasteiger partial charge in [-0.2, -0.15) is 8.78 Å². The summed E-state index contributed by atoms with van der Waals surface area (Å²) in [5, 5.41) is 9.67. The number of rotatable bonds is 4. The van der Waals surface area contributed by atoms with E-state index in [2.05, 4.69) is 11.6 Å². The van der Waals surface area contributed by atoms with Gasteiger partial charge in [0.1, 0.15) is 0 Å². The van der Waals surface area contributed by atoms with Crippen molar-refractivity contribution in [2.45, 2.75) is 59.0 Å². The number of hydrogen-bond acceptors (Lipinski definition) is 2. The minimum absolute atomic E-state index is 0. The van der Waals surface area contributed by atoms with Gasteiger partial charge in [-0.05, 0) is 38.4 Å². The highest BCUT2D eigenvalue weighted by Crippen LogP contribution is 2.35. The monoisotopic (exact) mass is 375 g/mol. The second-order valence-corrected chi connectivity index (χ2v) is 5.51. The normalized spacial score (nSPS) is 11.3. The summed E-state index contributed by atoms with van der Waals surface area (Å²) in [4.78, 5) is 0. The van der Waals surface area contributed by atoms with Gasteiger partial charge in [-0.15, -0.1) is 11.6 Å². The molecule has 24 heavy (non-hydrogen) atoms. The second kappa shape index (κ2) is 11.7. The molecule has 0 radical (unpaired) electrons. The largest absolute Gasteiger partial charge is 0.386 e. The molecule has 0 aromatic heterocycles. The Hall–Kier alpha value is -0.850. The van der Waals surface area contributed by atoms with Gasteiger partial charge in [0.25, 0.3) is 0 Å². The summed E-state index contributed by atoms with van der Waals surface area (Å²) >= 11 is 4.64. The Balaban J connectivity index is -0.000000322. The van der Waals surface area contributed by atoms with E-state index in [4.69, 9.17) is 5.73 Å². The maximum absolute atomic E-state index is 12.1. The average Bonchev–Trinajstić information content (AvgIpc) is 2.39. The van der Waals surface area contributed by atoms with Crippen LogP contribution in [0, 0.1) is 6.92 Å². The first-order chi connectivity index (χ1) is 10.3. The highest BCUT2D eigenvalue weighted by Gasteiger charge is 2.50. The fraction of sp³-hybridized carbons (Fsp3) is 0.647. The van der Waals surface area contributed by atoms with Crippen molar-refractivity contribution in [1.82, 2.24) is 0 Å². The van der Waals surface area contributed by atoms with Crippen LogP contribution in [0.15, 0.2) is 24.3 Å². The highest BCUT2D eigenvalue weighted by atomic mass is 35.5. The van der Waals surface area contributed by atoms with Gasteiger partial charge in [0, 0.05) is 19.7 Å². The Labute approximate surface area is 148 Å².